The molecule has 0 radical (unpaired) electrons. The van der Waals surface area contributed by atoms with Crippen LogP contribution >= 0.6 is 0 Å². The first-order chi connectivity index (χ1) is 8.20. The van der Waals surface area contributed by atoms with Crippen LogP contribution in [0.2, 0.25) is 0 Å². The van der Waals surface area contributed by atoms with Gasteiger partial charge in [0.15, 0.2) is 0 Å². The maximum Gasteiger partial charge on any atom is 0.226 e. The second-order valence-electron chi connectivity index (χ2n) is 3.74. The Balaban J connectivity index is 0.000000686. The van der Waals surface area contributed by atoms with E-state index in [-0.39, 0.29) is 0 Å². The highest BCUT2D eigenvalue weighted by molar-refractivity contribution is 5.54. The lowest BCUT2D eigenvalue weighted by Gasteiger charge is -1.95. The topological polar surface area (TPSA) is 26.0 Å². The molecule has 2 heteroatoms. The lowest BCUT2D eigenvalue weighted by Crippen LogP contribution is -1.82. The molecule has 0 bridgehead atoms. The fraction of sp³-hybridized carbons (Fsp3) is 0.400. The molecule has 2 rings (SSSR count). The van der Waals surface area contributed by atoms with Crippen molar-refractivity contribution in [3.63, 3.8) is 0 Å². The van der Waals surface area contributed by atoms with Crippen LogP contribution in [0.25, 0.3) is 11.5 Å². The van der Waals surface area contributed by atoms with Crippen LogP contribution in [-0.2, 0) is 6.42 Å². The van der Waals surface area contributed by atoms with E-state index in [1.165, 1.54) is 5.56 Å². The van der Waals surface area contributed by atoms with Crippen molar-refractivity contribution in [3.05, 3.63) is 41.3 Å². The Labute approximate surface area is 104 Å². The second-order valence-corrected chi connectivity index (χ2v) is 3.74. The summed E-state index contributed by atoms with van der Waals surface area (Å²) in [4.78, 5) is 4.46. The maximum absolute atomic E-state index is 5.62. The van der Waals surface area contributed by atoms with Gasteiger partial charge in [0.05, 0.1) is 5.69 Å². The van der Waals surface area contributed by atoms with Crippen LogP contribution in [0.4, 0.5) is 0 Å². The molecule has 1 aromatic carbocycles. The Morgan fingerprint density at radius 3 is 2.12 bits per heavy atom. The van der Waals surface area contributed by atoms with Crippen molar-refractivity contribution in [1.29, 1.82) is 0 Å². The van der Waals surface area contributed by atoms with Gasteiger partial charge >= 0.3 is 0 Å². The molecule has 17 heavy (non-hydrogen) atoms. The molecule has 1 aromatic heterocycles. The summed E-state index contributed by atoms with van der Waals surface area (Å²) in [7, 11) is 0. The van der Waals surface area contributed by atoms with E-state index >= 15 is 0 Å². The fourth-order valence-electron chi connectivity index (χ4n) is 1.58. The zero-order valence-corrected chi connectivity index (χ0v) is 11.4. The van der Waals surface area contributed by atoms with Crippen molar-refractivity contribution in [2.75, 3.05) is 0 Å². The highest BCUT2D eigenvalue weighted by Gasteiger charge is 2.08. The van der Waals surface area contributed by atoms with Crippen molar-refractivity contribution in [3.8, 4) is 11.5 Å². The van der Waals surface area contributed by atoms with Gasteiger partial charge in [0.25, 0.3) is 0 Å². The predicted molar refractivity (Wildman–Crippen MR) is 72.1 cm³/mol. The minimum atomic E-state index is 0.726. The Bertz CT molecular complexity index is 454. The zero-order chi connectivity index (χ0) is 12.8. The summed E-state index contributed by atoms with van der Waals surface area (Å²) in [6.07, 6.45) is 0.918. The van der Waals surface area contributed by atoms with Gasteiger partial charge < -0.3 is 4.42 Å². The molecule has 0 spiro atoms. The van der Waals surface area contributed by atoms with Crippen LogP contribution < -0.4 is 0 Å². The fourth-order valence-corrected chi connectivity index (χ4v) is 1.58. The molecule has 0 saturated heterocycles. The summed E-state index contributed by atoms with van der Waals surface area (Å²) in [5.74, 6) is 1.65. The lowest BCUT2D eigenvalue weighted by atomic mass is 10.1. The maximum atomic E-state index is 5.62. The van der Waals surface area contributed by atoms with Crippen LogP contribution in [0.5, 0.6) is 0 Å². The average Bonchev–Trinajstić information content (AvgIpc) is 2.74. The van der Waals surface area contributed by atoms with E-state index in [2.05, 4.69) is 31.0 Å². The van der Waals surface area contributed by atoms with Gasteiger partial charge in [-0.25, -0.2) is 4.98 Å². The normalized spacial score (nSPS) is 9.71. The Kier molecular flexibility index (Phi) is 4.95. The molecule has 0 unspecified atom stereocenters. The van der Waals surface area contributed by atoms with Gasteiger partial charge in [-0.3, -0.25) is 0 Å². The molecule has 0 aliphatic carbocycles. The smallest absolute Gasteiger partial charge is 0.226 e. The van der Waals surface area contributed by atoms with Crippen molar-refractivity contribution >= 4 is 0 Å². The Morgan fingerprint density at radius 1 is 1.06 bits per heavy atom. The number of oxazole rings is 1. The van der Waals surface area contributed by atoms with Crippen LogP contribution in [0.3, 0.4) is 0 Å². The van der Waals surface area contributed by atoms with Crippen LogP contribution in [-0.4, -0.2) is 4.98 Å². The van der Waals surface area contributed by atoms with E-state index in [1.54, 1.807) is 0 Å². The van der Waals surface area contributed by atoms with E-state index in [4.69, 9.17) is 4.42 Å². The molecule has 2 aromatic rings. The molecule has 0 saturated carbocycles. The largest absolute Gasteiger partial charge is 0.441 e. The molecule has 0 aliphatic heterocycles. The number of hydrogen-bond acceptors (Lipinski definition) is 2. The molecule has 0 amide bonds. The zero-order valence-electron chi connectivity index (χ0n) is 11.4. The van der Waals surface area contributed by atoms with Crippen molar-refractivity contribution in [1.82, 2.24) is 4.98 Å². The number of rotatable bonds is 2. The van der Waals surface area contributed by atoms with E-state index < -0.39 is 0 Å². The van der Waals surface area contributed by atoms with Crippen LogP contribution in [0, 0.1) is 13.8 Å². The van der Waals surface area contributed by atoms with Gasteiger partial charge in [0, 0.05) is 5.56 Å². The van der Waals surface area contributed by atoms with Crippen molar-refractivity contribution < 1.29 is 4.42 Å². The first-order valence-electron chi connectivity index (χ1n) is 6.24. The van der Waals surface area contributed by atoms with Gasteiger partial charge in [-0.1, -0.05) is 38.5 Å². The summed E-state index contributed by atoms with van der Waals surface area (Å²) in [6, 6.07) is 8.22. The molecule has 0 atom stereocenters. The summed E-state index contributed by atoms with van der Waals surface area (Å²) in [5, 5.41) is 0. The summed E-state index contributed by atoms with van der Waals surface area (Å²) >= 11 is 0. The molecule has 0 N–H and O–H groups in total. The number of hydrogen-bond donors (Lipinski definition) is 0. The third-order valence-electron chi connectivity index (χ3n) is 2.53. The second kappa shape index (κ2) is 6.24. The molecular weight excluding hydrogens is 210 g/mol. The van der Waals surface area contributed by atoms with Gasteiger partial charge in [-0.05, 0) is 32.4 Å². The molecule has 1 heterocycles. The average molecular weight is 231 g/mol. The summed E-state index contributed by atoms with van der Waals surface area (Å²) < 4.78 is 5.62. The summed E-state index contributed by atoms with van der Waals surface area (Å²) in [6.45, 7) is 10.1. The van der Waals surface area contributed by atoms with E-state index in [0.29, 0.717) is 0 Å². The highest BCUT2D eigenvalue weighted by atomic mass is 16.4. The molecule has 2 nitrogen and oxygen atoms in total. The SMILES string of the molecule is CC.CCc1nc(-c2ccc(C)cc2)oc1C. The van der Waals surface area contributed by atoms with E-state index in [1.807, 2.05) is 32.9 Å². The van der Waals surface area contributed by atoms with Crippen LogP contribution in [0.1, 0.15) is 37.8 Å². The number of aromatic nitrogens is 1. The third-order valence-corrected chi connectivity index (χ3v) is 2.53. The number of aryl methyl sites for hydroxylation is 3. The Morgan fingerprint density at radius 2 is 1.65 bits per heavy atom. The number of nitrogens with zero attached hydrogens (tertiary/aromatic N) is 1. The predicted octanol–water partition coefficient (Wildman–Crippen LogP) is 4.55. The first-order valence-corrected chi connectivity index (χ1v) is 6.24. The van der Waals surface area contributed by atoms with Crippen molar-refractivity contribution in [2.45, 2.75) is 41.0 Å². The van der Waals surface area contributed by atoms with Gasteiger partial charge in [0.2, 0.25) is 5.89 Å². The van der Waals surface area contributed by atoms with Gasteiger partial charge in [-0.2, -0.15) is 0 Å². The summed E-state index contributed by atoms with van der Waals surface area (Å²) in [5.41, 5.74) is 3.34. The van der Waals surface area contributed by atoms with E-state index in [9.17, 15) is 0 Å². The highest BCUT2D eigenvalue weighted by Crippen LogP contribution is 2.22. The lowest BCUT2D eigenvalue weighted by molar-refractivity contribution is 0.539. The molecular formula is C15H21NO. The minimum Gasteiger partial charge on any atom is -0.441 e. The monoisotopic (exact) mass is 231 g/mol. The quantitative estimate of drug-likeness (QED) is 0.758. The van der Waals surface area contributed by atoms with Gasteiger partial charge in [0.1, 0.15) is 5.76 Å². The molecule has 92 valence electrons. The molecule has 0 fully saturated rings. The Hall–Kier alpha value is -1.57. The minimum absolute atomic E-state index is 0.726. The van der Waals surface area contributed by atoms with Crippen molar-refractivity contribution in [2.24, 2.45) is 0 Å². The first kappa shape index (κ1) is 13.5. The number of benzene rings is 1. The van der Waals surface area contributed by atoms with Gasteiger partial charge in [-0.15, -0.1) is 0 Å². The third kappa shape index (κ3) is 3.19. The standard InChI is InChI=1S/C13H15NO.C2H6/c1-4-12-10(3)15-13(14-12)11-7-5-9(2)6-8-11;1-2/h5-8H,4H2,1-3H3;1-2H3. The van der Waals surface area contributed by atoms with E-state index in [0.717, 1.165) is 29.3 Å². The van der Waals surface area contributed by atoms with Crippen LogP contribution in [0.15, 0.2) is 28.7 Å². The molecule has 0 aliphatic rings.